The molecule has 3 rings (SSSR count). The number of nitrogens with zero attached hydrogens (tertiary/aromatic N) is 2. The van der Waals surface area contributed by atoms with Crippen LogP contribution in [0.25, 0.3) is 11.3 Å². The summed E-state index contributed by atoms with van der Waals surface area (Å²) >= 11 is 0. The van der Waals surface area contributed by atoms with Gasteiger partial charge in [0, 0.05) is 38.7 Å². The molecule has 0 aliphatic heterocycles. The van der Waals surface area contributed by atoms with Crippen LogP contribution in [0.3, 0.4) is 0 Å². The summed E-state index contributed by atoms with van der Waals surface area (Å²) in [5.74, 6) is 0. The van der Waals surface area contributed by atoms with Crippen molar-refractivity contribution >= 4 is 0 Å². The third-order valence-electron chi connectivity index (χ3n) is 3.32. The van der Waals surface area contributed by atoms with E-state index in [1.165, 1.54) is 11.1 Å². The molecule has 4 nitrogen and oxygen atoms in total. The van der Waals surface area contributed by atoms with Gasteiger partial charge in [0.15, 0.2) is 0 Å². The molecule has 4 heteroatoms. The van der Waals surface area contributed by atoms with E-state index in [-0.39, 0.29) is 0 Å². The summed E-state index contributed by atoms with van der Waals surface area (Å²) in [6.45, 7) is 1.77. The molecule has 0 saturated carbocycles. The van der Waals surface area contributed by atoms with Crippen LogP contribution in [0.15, 0.2) is 55.0 Å². The topological polar surface area (TPSA) is 45.6 Å². The predicted octanol–water partition coefficient (Wildman–Crippen LogP) is 2.71. The normalized spacial score (nSPS) is 10.8. The van der Waals surface area contributed by atoms with E-state index in [1.807, 2.05) is 13.1 Å². The molecule has 2 aromatic heterocycles. The maximum atomic E-state index is 3.97. The van der Waals surface area contributed by atoms with Crippen LogP contribution in [0.5, 0.6) is 0 Å². The Morgan fingerprint density at radius 1 is 1.05 bits per heavy atom. The first-order valence-corrected chi connectivity index (χ1v) is 6.71. The molecule has 3 aromatic rings. The van der Waals surface area contributed by atoms with Crippen molar-refractivity contribution < 1.29 is 0 Å². The molecule has 2 heterocycles. The van der Waals surface area contributed by atoms with Gasteiger partial charge in [-0.3, -0.25) is 5.10 Å². The SMILES string of the molecule is Cn1ccc(CNCc2ccc(-c3ccn[nH]3)cc2)c1. The van der Waals surface area contributed by atoms with Crippen LogP contribution in [0.1, 0.15) is 11.1 Å². The second-order valence-corrected chi connectivity index (χ2v) is 4.96. The maximum absolute atomic E-state index is 3.97. The summed E-state index contributed by atoms with van der Waals surface area (Å²) in [4.78, 5) is 0. The Kier molecular flexibility index (Phi) is 3.65. The Labute approximate surface area is 118 Å². The monoisotopic (exact) mass is 266 g/mol. The minimum Gasteiger partial charge on any atom is -0.357 e. The predicted molar refractivity (Wildman–Crippen MR) is 80.0 cm³/mol. The Bertz CT molecular complexity index is 650. The summed E-state index contributed by atoms with van der Waals surface area (Å²) in [6.07, 6.45) is 5.97. The van der Waals surface area contributed by atoms with Crippen molar-refractivity contribution in [2.75, 3.05) is 0 Å². The van der Waals surface area contributed by atoms with Crippen LogP contribution in [0.4, 0.5) is 0 Å². The van der Waals surface area contributed by atoms with Crippen LogP contribution in [-0.2, 0) is 20.1 Å². The Morgan fingerprint density at radius 2 is 1.85 bits per heavy atom. The average molecular weight is 266 g/mol. The molecule has 0 aliphatic rings. The second-order valence-electron chi connectivity index (χ2n) is 4.96. The molecule has 0 amide bonds. The van der Waals surface area contributed by atoms with Gasteiger partial charge in [0.25, 0.3) is 0 Å². The molecule has 0 unspecified atom stereocenters. The summed E-state index contributed by atoms with van der Waals surface area (Å²) < 4.78 is 2.07. The van der Waals surface area contributed by atoms with Gasteiger partial charge in [0.1, 0.15) is 0 Å². The van der Waals surface area contributed by atoms with Gasteiger partial charge in [-0.1, -0.05) is 24.3 Å². The molecule has 0 atom stereocenters. The molecular weight excluding hydrogens is 248 g/mol. The maximum Gasteiger partial charge on any atom is 0.0650 e. The van der Waals surface area contributed by atoms with Gasteiger partial charge in [-0.25, -0.2) is 0 Å². The first-order valence-electron chi connectivity index (χ1n) is 6.71. The van der Waals surface area contributed by atoms with Gasteiger partial charge in [0.2, 0.25) is 0 Å². The Balaban J connectivity index is 1.56. The molecular formula is C16H18N4. The summed E-state index contributed by atoms with van der Waals surface area (Å²) in [5.41, 5.74) is 4.80. The van der Waals surface area contributed by atoms with E-state index in [0.29, 0.717) is 0 Å². The van der Waals surface area contributed by atoms with E-state index in [9.17, 15) is 0 Å². The first kappa shape index (κ1) is 12.7. The van der Waals surface area contributed by atoms with E-state index in [2.05, 4.69) is 62.8 Å². The second kappa shape index (κ2) is 5.75. The number of nitrogens with one attached hydrogen (secondary N) is 2. The Hall–Kier alpha value is -2.33. The standard InChI is InChI=1S/C16H18N4/c1-20-9-7-14(12-20)11-17-10-13-2-4-15(5-3-13)16-6-8-18-19-16/h2-9,12,17H,10-11H2,1H3,(H,18,19). The van der Waals surface area contributed by atoms with E-state index < -0.39 is 0 Å². The minimum atomic E-state index is 0.873. The largest absolute Gasteiger partial charge is 0.357 e. The fourth-order valence-corrected chi connectivity index (χ4v) is 2.24. The molecule has 0 fully saturated rings. The molecule has 0 saturated heterocycles. The van der Waals surface area contributed by atoms with Crippen molar-refractivity contribution in [1.29, 1.82) is 0 Å². The fourth-order valence-electron chi connectivity index (χ4n) is 2.24. The molecule has 0 radical (unpaired) electrons. The van der Waals surface area contributed by atoms with Crippen molar-refractivity contribution in [3.05, 3.63) is 66.1 Å². The van der Waals surface area contributed by atoms with Crippen LogP contribution < -0.4 is 5.32 Å². The van der Waals surface area contributed by atoms with Crippen molar-refractivity contribution in [2.24, 2.45) is 7.05 Å². The minimum absolute atomic E-state index is 0.873. The van der Waals surface area contributed by atoms with Gasteiger partial charge in [-0.05, 0) is 28.8 Å². The van der Waals surface area contributed by atoms with Crippen molar-refractivity contribution in [3.63, 3.8) is 0 Å². The van der Waals surface area contributed by atoms with Gasteiger partial charge in [-0.2, -0.15) is 5.10 Å². The third kappa shape index (κ3) is 2.97. The molecule has 102 valence electrons. The van der Waals surface area contributed by atoms with Crippen molar-refractivity contribution in [2.45, 2.75) is 13.1 Å². The number of benzene rings is 1. The van der Waals surface area contributed by atoms with Gasteiger partial charge in [-0.15, -0.1) is 0 Å². The lowest BCUT2D eigenvalue weighted by molar-refractivity contribution is 0.692. The van der Waals surface area contributed by atoms with E-state index >= 15 is 0 Å². The highest BCUT2D eigenvalue weighted by Crippen LogP contribution is 2.16. The van der Waals surface area contributed by atoms with Crippen LogP contribution >= 0.6 is 0 Å². The molecule has 0 aliphatic carbocycles. The van der Waals surface area contributed by atoms with Crippen LogP contribution in [-0.4, -0.2) is 14.8 Å². The number of rotatable bonds is 5. The van der Waals surface area contributed by atoms with Crippen LogP contribution in [0.2, 0.25) is 0 Å². The van der Waals surface area contributed by atoms with Gasteiger partial charge >= 0.3 is 0 Å². The molecule has 20 heavy (non-hydrogen) atoms. The highest BCUT2D eigenvalue weighted by atomic mass is 15.1. The number of hydrogen-bond donors (Lipinski definition) is 2. The molecule has 0 spiro atoms. The zero-order valence-electron chi connectivity index (χ0n) is 11.5. The number of hydrogen-bond acceptors (Lipinski definition) is 2. The quantitative estimate of drug-likeness (QED) is 0.746. The molecule has 0 bridgehead atoms. The molecule has 1 aromatic carbocycles. The lowest BCUT2D eigenvalue weighted by Crippen LogP contribution is -2.12. The number of aromatic nitrogens is 3. The summed E-state index contributed by atoms with van der Waals surface area (Å²) in [7, 11) is 2.04. The summed E-state index contributed by atoms with van der Waals surface area (Å²) in [6, 6.07) is 12.6. The molecule has 2 N–H and O–H groups in total. The zero-order chi connectivity index (χ0) is 13.8. The first-order chi connectivity index (χ1) is 9.81. The van der Waals surface area contributed by atoms with Crippen molar-refractivity contribution in [1.82, 2.24) is 20.1 Å². The van der Waals surface area contributed by atoms with E-state index in [1.54, 1.807) is 6.20 Å². The average Bonchev–Trinajstić information content (AvgIpc) is 3.11. The lowest BCUT2D eigenvalue weighted by atomic mass is 10.1. The third-order valence-corrected chi connectivity index (χ3v) is 3.32. The number of aryl methyl sites for hydroxylation is 1. The number of H-pyrrole nitrogens is 1. The smallest absolute Gasteiger partial charge is 0.0650 e. The summed E-state index contributed by atoms with van der Waals surface area (Å²) in [5, 5.41) is 10.4. The van der Waals surface area contributed by atoms with Gasteiger partial charge in [0.05, 0.1) is 5.69 Å². The zero-order valence-corrected chi connectivity index (χ0v) is 11.5. The van der Waals surface area contributed by atoms with Crippen molar-refractivity contribution in [3.8, 4) is 11.3 Å². The lowest BCUT2D eigenvalue weighted by Gasteiger charge is -2.05. The van der Waals surface area contributed by atoms with Gasteiger partial charge < -0.3 is 9.88 Å². The van der Waals surface area contributed by atoms with E-state index in [4.69, 9.17) is 0 Å². The van der Waals surface area contributed by atoms with Crippen LogP contribution in [0, 0.1) is 0 Å². The Morgan fingerprint density at radius 3 is 2.50 bits per heavy atom. The highest BCUT2D eigenvalue weighted by molar-refractivity contribution is 5.58. The fraction of sp³-hybridized carbons (Fsp3) is 0.188. The van der Waals surface area contributed by atoms with E-state index in [0.717, 1.165) is 24.3 Å². The number of aromatic amines is 1. The highest BCUT2D eigenvalue weighted by Gasteiger charge is 1.99.